The number of aromatic nitrogens is 1. The minimum atomic E-state index is -0.745. The van der Waals surface area contributed by atoms with Gasteiger partial charge in [0, 0.05) is 17.5 Å². The van der Waals surface area contributed by atoms with Gasteiger partial charge in [0.1, 0.15) is 19.5 Å². The maximum Gasteiger partial charge on any atom is 0.377 e. The van der Waals surface area contributed by atoms with E-state index < -0.39 is 18.5 Å². The van der Waals surface area contributed by atoms with Crippen molar-refractivity contribution in [2.75, 3.05) is 31.3 Å². The second-order valence-corrected chi connectivity index (χ2v) is 6.29. The van der Waals surface area contributed by atoms with Crippen molar-refractivity contribution in [3.63, 3.8) is 0 Å². The van der Waals surface area contributed by atoms with E-state index in [9.17, 15) is 9.59 Å². The molecule has 140 valence electrons. The molecule has 2 heterocycles. The Morgan fingerprint density at radius 1 is 1.30 bits per heavy atom. The number of hydrogen-bond acceptors (Lipinski definition) is 7. The molecule has 1 aliphatic heterocycles. The lowest BCUT2D eigenvalue weighted by Gasteiger charge is -2.18. The summed E-state index contributed by atoms with van der Waals surface area (Å²) in [5, 5.41) is 2.38. The first-order valence-electron chi connectivity index (χ1n) is 8.23. The molecule has 27 heavy (non-hydrogen) atoms. The van der Waals surface area contributed by atoms with Crippen LogP contribution in [-0.4, -0.2) is 43.2 Å². The number of esters is 1. The molecule has 7 nitrogen and oxygen atoms in total. The highest BCUT2D eigenvalue weighted by atomic mass is 32.1. The number of carbonyl (C=O) groups excluding carboxylic acids is 2. The van der Waals surface area contributed by atoms with Crippen molar-refractivity contribution >= 4 is 28.3 Å². The molecular weight excluding hydrogens is 368 g/mol. The first-order chi connectivity index (χ1) is 13.2. The van der Waals surface area contributed by atoms with Gasteiger partial charge in [0.25, 0.3) is 5.91 Å². The minimum absolute atomic E-state index is 0.0510. The molecular formula is C19H18N2O5S. The number of rotatable bonds is 7. The fraction of sp³-hybridized carbons (Fsp3) is 0.211. The van der Waals surface area contributed by atoms with Gasteiger partial charge >= 0.3 is 5.97 Å². The summed E-state index contributed by atoms with van der Waals surface area (Å²) >= 11 is 1.33. The number of hydrogen-bond donors (Lipinski definition) is 0. The Labute approximate surface area is 160 Å². The molecule has 0 saturated heterocycles. The molecule has 1 amide bonds. The molecule has 8 heteroatoms. The molecule has 0 atom stereocenters. The third kappa shape index (κ3) is 4.73. The van der Waals surface area contributed by atoms with Crippen molar-refractivity contribution in [1.29, 1.82) is 0 Å². The molecule has 3 rings (SSSR count). The second kappa shape index (κ2) is 9.00. The molecule has 1 aromatic carbocycles. The van der Waals surface area contributed by atoms with Gasteiger partial charge in [0.05, 0.1) is 5.69 Å². The fourth-order valence-electron chi connectivity index (χ4n) is 2.30. The minimum Gasteiger partial charge on any atom is -0.493 e. The van der Waals surface area contributed by atoms with E-state index in [4.69, 9.17) is 14.2 Å². The van der Waals surface area contributed by atoms with Crippen LogP contribution >= 0.6 is 11.3 Å². The number of ether oxygens (including phenoxy) is 3. The van der Waals surface area contributed by atoms with Crippen LogP contribution in [0.25, 0.3) is 11.3 Å². The zero-order valence-corrected chi connectivity index (χ0v) is 15.3. The quantitative estimate of drug-likeness (QED) is 0.538. The third-order valence-electron chi connectivity index (χ3n) is 3.58. The van der Waals surface area contributed by atoms with Crippen LogP contribution in [0, 0.1) is 0 Å². The Hall–Kier alpha value is -3.13. The Morgan fingerprint density at radius 2 is 2.11 bits per heavy atom. The Balaban J connectivity index is 1.67. The van der Waals surface area contributed by atoms with Gasteiger partial charge in [-0.15, -0.1) is 17.9 Å². The summed E-state index contributed by atoms with van der Waals surface area (Å²) in [5.74, 6) is -1.20. The summed E-state index contributed by atoms with van der Waals surface area (Å²) in [6, 6.07) is 9.66. The normalized spacial score (nSPS) is 13.0. The number of nitrogens with zero attached hydrogens (tertiary/aromatic N) is 2. The van der Waals surface area contributed by atoms with Crippen LogP contribution in [0.15, 0.2) is 60.4 Å². The van der Waals surface area contributed by atoms with E-state index in [1.807, 2.05) is 35.7 Å². The third-order valence-corrected chi connectivity index (χ3v) is 4.45. The molecule has 0 fully saturated rings. The lowest BCUT2D eigenvalue weighted by molar-refractivity contribution is -0.148. The zero-order valence-electron chi connectivity index (χ0n) is 14.5. The van der Waals surface area contributed by atoms with E-state index in [0.717, 1.165) is 11.3 Å². The highest BCUT2D eigenvalue weighted by Gasteiger charge is 2.22. The SMILES string of the molecule is C=CCN(C(=O)COC(=O)C1=COCCO1)c1nc(-c2ccccc2)cs1. The smallest absolute Gasteiger partial charge is 0.377 e. The largest absolute Gasteiger partial charge is 0.493 e. The molecule has 2 aromatic rings. The number of anilines is 1. The van der Waals surface area contributed by atoms with Gasteiger partial charge in [-0.1, -0.05) is 36.4 Å². The lowest BCUT2D eigenvalue weighted by atomic mass is 10.2. The standard InChI is InChI=1S/C19H18N2O5S/c1-2-8-21(17(22)12-26-18(23)16-11-24-9-10-25-16)19-20-15(13-27-19)14-6-4-3-5-7-14/h2-7,11,13H,1,8-10,12H2. The number of benzene rings is 1. The van der Waals surface area contributed by atoms with Crippen LogP contribution in [0.5, 0.6) is 0 Å². The monoisotopic (exact) mass is 386 g/mol. The molecule has 1 aromatic heterocycles. The van der Waals surface area contributed by atoms with Crippen molar-refractivity contribution in [3.05, 3.63) is 60.4 Å². The van der Waals surface area contributed by atoms with E-state index in [-0.39, 0.29) is 18.9 Å². The van der Waals surface area contributed by atoms with Gasteiger partial charge in [-0.05, 0) is 0 Å². The highest BCUT2D eigenvalue weighted by Crippen LogP contribution is 2.27. The second-order valence-electron chi connectivity index (χ2n) is 5.45. The summed E-state index contributed by atoms with van der Waals surface area (Å²) in [5.41, 5.74) is 1.73. The number of carbonyl (C=O) groups is 2. The number of amides is 1. The molecule has 0 bridgehead atoms. The Bertz CT molecular complexity index is 847. The van der Waals surface area contributed by atoms with E-state index in [1.165, 1.54) is 22.5 Å². The summed E-state index contributed by atoms with van der Waals surface area (Å²) in [7, 11) is 0. The van der Waals surface area contributed by atoms with E-state index in [1.54, 1.807) is 6.08 Å². The Morgan fingerprint density at radius 3 is 2.81 bits per heavy atom. The van der Waals surface area contributed by atoms with E-state index in [2.05, 4.69) is 11.6 Å². The molecule has 0 aliphatic carbocycles. The highest BCUT2D eigenvalue weighted by molar-refractivity contribution is 7.14. The van der Waals surface area contributed by atoms with Gasteiger partial charge in [-0.3, -0.25) is 9.69 Å². The van der Waals surface area contributed by atoms with E-state index >= 15 is 0 Å². The molecule has 1 aliphatic rings. The van der Waals surface area contributed by atoms with Crippen LogP contribution in [0.3, 0.4) is 0 Å². The van der Waals surface area contributed by atoms with E-state index in [0.29, 0.717) is 11.7 Å². The van der Waals surface area contributed by atoms with Gasteiger partial charge in [0.15, 0.2) is 11.7 Å². The predicted octanol–water partition coefficient (Wildman–Crippen LogP) is 2.76. The van der Waals surface area contributed by atoms with Gasteiger partial charge < -0.3 is 14.2 Å². The lowest BCUT2D eigenvalue weighted by Crippen LogP contribution is -2.35. The van der Waals surface area contributed by atoms with Crippen LogP contribution in [0.2, 0.25) is 0 Å². The Kier molecular flexibility index (Phi) is 6.22. The maximum atomic E-state index is 12.5. The molecule has 0 unspecified atom stereocenters. The fourth-order valence-corrected chi connectivity index (χ4v) is 3.16. The molecule has 0 radical (unpaired) electrons. The van der Waals surface area contributed by atoms with Crippen molar-refractivity contribution in [1.82, 2.24) is 4.98 Å². The molecule has 0 N–H and O–H groups in total. The summed E-state index contributed by atoms with van der Waals surface area (Å²) in [4.78, 5) is 30.4. The van der Waals surface area contributed by atoms with Crippen LogP contribution in [-0.2, 0) is 23.8 Å². The first kappa shape index (κ1) is 18.7. The summed E-state index contributed by atoms with van der Waals surface area (Å²) < 4.78 is 15.2. The van der Waals surface area contributed by atoms with Crippen LogP contribution in [0.1, 0.15) is 0 Å². The van der Waals surface area contributed by atoms with Crippen molar-refractivity contribution in [3.8, 4) is 11.3 Å². The average molecular weight is 386 g/mol. The number of thiazole rings is 1. The van der Waals surface area contributed by atoms with Crippen molar-refractivity contribution < 1.29 is 23.8 Å². The van der Waals surface area contributed by atoms with Gasteiger partial charge in [-0.2, -0.15) is 0 Å². The van der Waals surface area contributed by atoms with Gasteiger partial charge in [0.2, 0.25) is 5.76 Å². The predicted molar refractivity (Wildman–Crippen MR) is 101 cm³/mol. The van der Waals surface area contributed by atoms with Crippen molar-refractivity contribution in [2.45, 2.75) is 0 Å². The zero-order chi connectivity index (χ0) is 19.1. The maximum absolute atomic E-state index is 12.5. The average Bonchev–Trinajstić information content (AvgIpc) is 3.21. The van der Waals surface area contributed by atoms with Gasteiger partial charge in [-0.25, -0.2) is 9.78 Å². The molecule has 0 saturated carbocycles. The molecule has 0 spiro atoms. The first-order valence-corrected chi connectivity index (χ1v) is 9.11. The topological polar surface area (TPSA) is 78.0 Å². The van der Waals surface area contributed by atoms with Crippen LogP contribution < -0.4 is 4.90 Å². The summed E-state index contributed by atoms with van der Waals surface area (Å²) in [6.45, 7) is 4.12. The van der Waals surface area contributed by atoms with Crippen molar-refractivity contribution in [2.24, 2.45) is 0 Å². The summed E-state index contributed by atoms with van der Waals surface area (Å²) in [6.07, 6.45) is 2.77. The van der Waals surface area contributed by atoms with Crippen LogP contribution in [0.4, 0.5) is 5.13 Å².